The van der Waals surface area contributed by atoms with E-state index < -0.39 is 11.8 Å². The molecule has 10 heavy (non-hydrogen) atoms. The van der Waals surface area contributed by atoms with E-state index in [1.165, 1.54) is 0 Å². The second-order valence-corrected chi connectivity index (χ2v) is 3.02. The molecule has 0 aromatic carbocycles. The van der Waals surface area contributed by atoms with E-state index in [4.69, 9.17) is 0 Å². The number of halogens is 2. The summed E-state index contributed by atoms with van der Waals surface area (Å²) in [6.45, 7) is 0. The molecule has 0 aromatic rings. The minimum atomic E-state index is -0.550. The minimum absolute atomic E-state index is 0.118. The second-order valence-electron chi connectivity index (χ2n) is 1.44. The normalized spacial score (nSPS) is 18.6. The van der Waals surface area contributed by atoms with Crippen LogP contribution < -0.4 is 0 Å². The lowest BCUT2D eigenvalue weighted by Gasteiger charge is -1.98. The van der Waals surface area contributed by atoms with E-state index in [0.29, 0.717) is 0 Å². The Hall–Kier alpha value is -0.360. The highest BCUT2D eigenvalue weighted by Gasteiger charge is 2.20. The molecule has 4 nitrogen and oxygen atoms in total. The summed E-state index contributed by atoms with van der Waals surface area (Å²) in [4.78, 5) is 21.2. The number of nitrogens with zero attached hydrogens (tertiary/aromatic N) is 2. The van der Waals surface area contributed by atoms with E-state index in [1.807, 2.05) is 0 Å². The van der Waals surface area contributed by atoms with Gasteiger partial charge in [-0.25, -0.2) is 0 Å². The van der Waals surface area contributed by atoms with Crippen molar-refractivity contribution >= 4 is 43.7 Å². The molecule has 1 aliphatic heterocycles. The van der Waals surface area contributed by atoms with Crippen molar-refractivity contribution in [1.29, 1.82) is 0 Å². The van der Waals surface area contributed by atoms with Gasteiger partial charge in [0.2, 0.25) is 0 Å². The fourth-order valence-corrected chi connectivity index (χ4v) is 0.864. The molecule has 0 saturated heterocycles. The fraction of sp³-hybridized carbons (Fsp3) is 0. The van der Waals surface area contributed by atoms with Crippen molar-refractivity contribution in [3.05, 3.63) is 8.96 Å². The summed E-state index contributed by atoms with van der Waals surface area (Å²) in [6, 6.07) is 0. The third-order valence-electron chi connectivity index (χ3n) is 0.800. The van der Waals surface area contributed by atoms with Gasteiger partial charge in [0.1, 0.15) is 8.96 Å². The van der Waals surface area contributed by atoms with Crippen LogP contribution in [0.1, 0.15) is 0 Å². The lowest BCUT2D eigenvalue weighted by molar-refractivity contribution is -0.119. The molecule has 1 rings (SSSR count). The van der Waals surface area contributed by atoms with Crippen LogP contribution in [0.3, 0.4) is 0 Å². The van der Waals surface area contributed by atoms with Crippen LogP contribution in [0, 0.1) is 0 Å². The molecule has 0 fully saturated rings. The first-order chi connectivity index (χ1) is 4.63. The smallest absolute Gasteiger partial charge is 0.264 e. The van der Waals surface area contributed by atoms with Gasteiger partial charge in [-0.1, -0.05) is 0 Å². The molecular weight excluding hydrogens is 268 g/mol. The summed E-state index contributed by atoms with van der Waals surface area (Å²) in [5.74, 6) is -1.10. The van der Waals surface area contributed by atoms with Gasteiger partial charge >= 0.3 is 11.8 Å². The molecule has 0 saturated carbocycles. The van der Waals surface area contributed by atoms with E-state index in [2.05, 4.69) is 42.1 Å². The molecule has 0 bridgehead atoms. The van der Waals surface area contributed by atoms with E-state index in [0.717, 1.165) is 0 Å². The Labute approximate surface area is 72.6 Å². The van der Waals surface area contributed by atoms with E-state index in [1.54, 1.807) is 0 Å². The van der Waals surface area contributed by atoms with E-state index in [9.17, 15) is 9.59 Å². The third-order valence-corrected chi connectivity index (χ3v) is 2.80. The topological polar surface area (TPSA) is 58.9 Å². The molecule has 6 heteroatoms. The van der Waals surface area contributed by atoms with Gasteiger partial charge in [0, 0.05) is 0 Å². The molecule has 1 heterocycles. The first-order valence-electron chi connectivity index (χ1n) is 2.18. The maximum absolute atomic E-state index is 10.6. The van der Waals surface area contributed by atoms with Crippen molar-refractivity contribution in [3.8, 4) is 0 Å². The minimum Gasteiger partial charge on any atom is -0.264 e. The molecule has 0 atom stereocenters. The zero-order valence-corrected chi connectivity index (χ0v) is 7.64. The van der Waals surface area contributed by atoms with Gasteiger partial charge in [-0.3, -0.25) is 9.59 Å². The molecule has 0 unspecified atom stereocenters. The predicted molar refractivity (Wildman–Crippen MR) is 39.8 cm³/mol. The van der Waals surface area contributed by atoms with Crippen molar-refractivity contribution in [2.45, 2.75) is 0 Å². The Kier molecular flexibility index (Phi) is 2.10. The fourth-order valence-electron chi connectivity index (χ4n) is 0.366. The predicted octanol–water partition coefficient (Wildman–Crippen LogP) is 1.51. The van der Waals surface area contributed by atoms with Crippen molar-refractivity contribution in [2.75, 3.05) is 0 Å². The van der Waals surface area contributed by atoms with Gasteiger partial charge in [-0.15, -0.1) is 10.2 Å². The van der Waals surface area contributed by atoms with Gasteiger partial charge in [0.15, 0.2) is 0 Å². The molecular formula is C4Br2N2O2. The first-order valence-corrected chi connectivity index (χ1v) is 3.77. The number of amides is 2. The largest absolute Gasteiger partial charge is 0.303 e. The van der Waals surface area contributed by atoms with Crippen LogP contribution in [0.25, 0.3) is 0 Å². The summed E-state index contributed by atoms with van der Waals surface area (Å²) in [6.07, 6.45) is 0. The molecule has 0 radical (unpaired) electrons. The Morgan fingerprint density at radius 1 is 0.900 bits per heavy atom. The zero-order valence-electron chi connectivity index (χ0n) is 4.47. The van der Waals surface area contributed by atoms with Crippen LogP contribution in [0.15, 0.2) is 19.2 Å². The molecule has 0 spiro atoms. The highest BCUT2D eigenvalue weighted by molar-refractivity contribution is 9.14. The lowest BCUT2D eigenvalue weighted by Crippen LogP contribution is -2.05. The number of rotatable bonds is 0. The van der Waals surface area contributed by atoms with Crippen LogP contribution >= 0.6 is 31.9 Å². The molecule has 52 valence electrons. The lowest BCUT2D eigenvalue weighted by atomic mass is 10.4. The molecule has 2 amide bonds. The van der Waals surface area contributed by atoms with Crippen LogP contribution in [-0.4, -0.2) is 11.8 Å². The summed E-state index contributed by atoms with van der Waals surface area (Å²) >= 11 is 5.74. The maximum Gasteiger partial charge on any atom is 0.303 e. The Bertz CT molecular complexity index is 242. The van der Waals surface area contributed by atoms with Crippen molar-refractivity contribution in [2.24, 2.45) is 10.2 Å². The quantitative estimate of drug-likeness (QED) is 0.668. The number of carbonyl (C=O) groups excluding carboxylic acids is 2. The Balaban J connectivity index is 3.12. The molecule has 0 N–H and O–H groups in total. The summed E-state index contributed by atoms with van der Waals surface area (Å²) < 4.78 is 0.236. The van der Waals surface area contributed by atoms with Crippen LogP contribution in [0.4, 0.5) is 0 Å². The van der Waals surface area contributed by atoms with Gasteiger partial charge in [0.25, 0.3) is 0 Å². The number of hydrogen-bond donors (Lipinski definition) is 0. The number of hydrogen-bond acceptors (Lipinski definition) is 2. The summed E-state index contributed by atoms with van der Waals surface area (Å²) in [5, 5.41) is 6.09. The maximum atomic E-state index is 10.6. The van der Waals surface area contributed by atoms with E-state index >= 15 is 0 Å². The summed E-state index contributed by atoms with van der Waals surface area (Å²) in [7, 11) is 0. The summed E-state index contributed by atoms with van der Waals surface area (Å²) in [5.41, 5.74) is 0. The van der Waals surface area contributed by atoms with E-state index in [-0.39, 0.29) is 8.96 Å². The van der Waals surface area contributed by atoms with Gasteiger partial charge in [-0.05, 0) is 31.9 Å². The Morgan fingerprint density at radius 2 is 1.20 bits per heavy atom. The average Bonchev–Trinajstić information content (AvgIpc) is 1.93. The van der Waals surface area contributed by atoms with Gasteiger partial charge in [0.05, 0.1) is 0 Å². The highest BCUT2D eigenvalue weighted by Crippen LogP contribution is 2.23. The van der Waals surface area contributed by atoms with Gasteiger partial charge < -0.3 is 0 Å². The molecule has 0 aliphatic carbocycles. The zero-order chi connectivity index (χ0) is 7.72. The third kappa shape index (κ3) is 1.22. The monoisotopic (exact) mass is 266 g/mol. The van der Waals surface area contributed by atoms with Crippen molar-refractivity contribution in [3.63, 3.8) is 0 Å². The molecule has 1 aliphatic rings. The standard InChI is InChI=1S/C4Br2N2O2/c5-1-2(6)4(10)8-7-3(1)9. The average molecular weight is 268 g/mol. The van der Waals surface area contributed by atoms with Crippen molar-refractivity contribution in [1.82, 2.24) is 0 Å². The van der Waals surface area contributed by atoms with Gasteiger partial charge in [-0.2, -0.15) is 0 Å². The van der Waals surface area contributed by atoms with Crippen LogP contribution in [0.5, 0.6) is 0 Å². The Morgan fingerprint density at radius 3 is 1.50 bits per heavy atom. The molecule has 0 aromatic heterocycles. The van der Waals surface area contributed by atoms with Crippen LogP contribution in [0.2, 0.25) is 0 Å². The number of azo groups is 1. The highest BCUT2D eigenvalue weighted by atomic mass is 79.9. The van der Waals surface area contributed by atoms with Crippen molar-refractivity contribution < 1.29 is 9.59 Å². The SMILES string of the molecule is O=C1N=NC(=O)C(Br)=C1Br. The number of carbonyl (C=O) groups is 2. The first kappa shape index (κ1) is 7.74. The second kappa shape index (κ2) is 2.71. The van der Waals surface area contributed by atoms with Crippen LogP contribution in [-0.2, 0) is 9.59 Å².